The predicted octanol–water partition coefficient (Wildman–Crippen LogP) is 3.03. The molecular weight excluding hydrogens is 341 g/mol. The molecule has 2 aromatic carbocycles. The summed E-state index contributed by atoms with van der Waals surface area (Å²) in [7, 11) is 0. The Kier molecular flexibility index (Phi) is 4.66. The van der Waals surface area contributed by atoms with Crippen molar-refractivity contribution in [2.45, 2.75) is 13.3 Å². The van der Waals surface area contributed by atoms with E-state index < -0.39 is 22.3 Å². The second kappa shape index (κ2) is 6.91. The average molecular weight is 357 g/mol. The second-order valence-electron chi connectivity index (χ2n) is 6.15. The smallest absolute Gasteiger partial charge is 0.306 e. The first-order valence-electron chi connectivity index (χ1n) is 7.97. The summed E-state index contributed by atoms with van der Waals surface area (Å²) in [5.74, 6) is -2.21. The lowest BCUT2D eigenvalue weighted by Crippen LogP contribution is -2.28. The highest BCUT2D eigenvalue weighted by atomic mass is 19.1. The Morgan fingerprint density at radius 3 is 2.62 bits per heavy atom. The number of nitrogens with one attached hydrogen (secondary N) is 1. The first-order valence-corrected chi connectivity index (χ1v) is 7.97. The average Bonchev–Trinajstić information content (AvgIpc) is 2.99. The second-order valence-corrected chi connectivity index (χ2v) is 6.15. The third-order valence-corrected chi connectivity index (χ3v) is 4.25. The van der Waals surface area contributed by atoms with E-state index in [2.05, 4.69) is 5.32 Å². The van der Waals surface area contributed by atoms with Gasteiger partial charge in [-0.05, 0) is 31.2 Å². The Balaban J connectivity index is 1.74. The van der Waals surface area contributed by atoms with E-state index in [1.54, 1.807) is 12.1 Å². The number of nitro benzene ring substituents is 1. The van der Waals surface area contributed by atoms with Crippen molar-refractivity contribution in [3.05, 3.63) is 64.0 Å². The number of halogens is 1. The molecule has 0 aliphatic carbocycles. The molecule has 0 spiro atoms. The number of nitrogens with zero attached hydrogens (tertiary/aromatic N) is 2. The minimum Gasteiger partial charge on any atom is -0.326 e. The van der Waals surface area contributed by atoms with Crippen LogP contribution in [0.2, 0.25) is 0 Å². The van der Waals surface area contributed by atoms with Gasteiger partial charge in [0.25, 0.3) is 0 Å². The summed E-state index contributed by atoms with van der Waals surface area (Å²) < 4.78 is 13.5. The van der Waals surface area contributed by atoms with E-state index in [0.717, 1.165) is 17.7 Å². The summed E-state index contributed by atoms with van der Waals surface area (Å²) in [6.45, 7) is 2.01. The van der Waals surface area contributed by atoms with Crippen molar-refractivity contribution < 1.29 is 18.9 Å². The lowest BCUT2D eigenvalue weighted by molar-refractivity contribution is -0.387. The molecule has 1 aliphatic rings. The Morgan fingerprint density at radius 2 is 1.96 bits per heavy atom. The van der Waals surface area contributed by atoms with Gasteiger partial charge in [-0.15, -0.1) is 0 Å². The van der Waals surface area contributed by atoms with Crippen LogP contribution in [0.3, 0.4) is 0 Å². The van der Waals surface area contributed by atoms with Crippen molar-refractivity contribution in [3.63, 3.8) is 0 Å². The van der Waals surface area contributed by atoms with Crippen LogP contribution < -0.4 is 10.2 Å². The largest absolute Gasteiger partial charge is 0.326 e. The van der Waals surface area contributed by atoms with Crippen LogP contribution in [0.25, 0.3) is 0 Å². The van der Waals surface area contributed by atoms with Crippen molar-refractivity contribution in [2.75, 3.05) is 16.8 Å². The van der Waals surface area contributed by atoms with Crippen molar-refractivity contribution in [1.29, 1.82) is 0 Å². The number of hydrogen-bond acceptors (Lipinski definition) is 4. The number of amides is 2. The molecule has 1 N–H and O–H groups in total. The van der Waals surface area contributed by atoms with E-state index in [4.69, 9.17) is 0 Å². The molecule has 2 amide bonds. The normalized spacial score (nSPS) is 16.6. The van der Waals surface area contributed by atoms with Gasteiger partial charge in [-0.3, -0.25) is 19.7 Å². The molecule has 7 nitrogen and oxygen atoms in total. The molecule has 8 heteroatoms. The van der Waals surface area contributed by atoms with Gasteiger partial charge in [-0.25, -0.2) is 0 Å². The Morgan fingerprint density at radius 1 is 1.27 bits per heavy atom. The van der Waals surface area contributed by atoms with E-state index in [-0.39, 0.29) is 30.5 Å². The maximum absolute atomic E-state index is 13.5. The highest BCUT2D eigenvalue weighted by Crippen LogP contribution is 2.30. The van der Waals surface area contributed by atoms with Gasteiger partial charge in [0.1, 0.15) is 0 Å². The third-order valence-electron chi connectivity index (χ3n) is 4.25. The molecule has 3 rings (SSSR count). The van der Waals surface area contributed by atoms with Crippen LogP contribution in [0.4, 0.5) is 21.5 Å². The topological polar surface area (TPSA) is 92.6 Å². The van der Waals surface area contributed by atoms with Gasteiger partial charge in [-0.1, -0.05) is 17.7 Å². The van der Waals surface area contributed by atoms with Gasteiger partial charge < -0.3 is 10.2 Å². The number of benzene rings is 2. The maximum Gasteiger partial charge on any atom is 0.306 e. The van der Waals surface area contributed by atoms with Crippen molar-refractivity contribution in [1.82, 2.24) is 0 Å². The number of hydrogen-bond donors (Lipinski definition) is 1. The van der Waals surface area contributed by atoms with Gasteiger partial charge in [0.15, 0.2) is 0 Å². The summed E-state index contributed by atoms with van der Waals surface area (Å²) >= 11 is 0. The summed E-state index contributed by atoms with van der Waals surface area (Å²) in [6, 6.07) is 10.5. The van der Waals surface area contributed by atoms with E-state index in [0.29, 0.717) is 5.69 Å². The third kappa shape index (κ3) is 3.53. The van der Waals surface area contributed by atoms with Gasteiger partial charge in [0.05, 0.1) is 16.5 Å². The van der Waals surface area contributed by atoms with Crippen LogP contribution in [0.1, 0.15) is 12.0 Å². The molecular formula is C18H16FN3O4. The number of rotatable bonds is 4. The number of carbonyl (C=O) groups is 2. The van der Waals surface area contributed by atoms with Gasteiger partial charge in [-0.2, -0.15) is 4.39 Å². The Hall–Kier alpha value is -3.29. The van der Waals surface area contributed by atoms with Crippen LogP contribution in [-0.4, -0.2) is 23.3 Å². The first-order chi connectivity index (χ1) is 12.3. The summed E-state index contributed by atoms with van der Waals surface area (Å²) in [6.07, 6.45) is -0.0110. The standard InChI is InChI=1S/C18H16FN3O4/c1-11-2-4-13(5-3-11)20-18(24)12-8-17(23)21(10-12)14-6-7-15(19)16(9-14)22(25)26/h2-7,9,12H,8,10H2,1H3,(H,20,24). The molecule has 2 aromatic rings. The monoisotopic (exact) mass is 357 g/mol. The molecule has 26 heavy (non-hydrogen) atoms. The fourth-order valence-corrected chi connectivity index (χ4v) is 2.82. The summed E-state index contributed by atoms with van der Waals surface area (Å²) in [5, 5.41) is 13.6. The first kappa shape index (κ1) is 17.5. The zero-order chi connectivity index (χ0) is 18.8. The zero-order valence-corrected chi connectivity index (χ0v) is 13.9. The minimum absolute atomic E-state index is 0.0110. The lowest BCUT2D eigenvalue weighted by Gasteiger charge is -2.16. The molecule has 1 atom stereocenters. The van der Waals surface area contributed by atoms with E-state index in [1.807, 2.05) is 19.1 Å². The van der Waals surface area contributed by atoms with E-state index in [1.165, 1.54) is 11.0 Å². The predicted molar refractivity (Wildman–Crippen MR) is 93.3 cm³/mol. The highest BCUT2D eigenvalue weighted by molar-refractivity contribution is 6.03. The quantitative estimate of drug-likeness (QED) is 0.672. The molecule has 1 saturated heterocycles. The summed E-state index contributed by atoms with van der Waals surface area (Å²) in [4.78, 5) is 35.9. The molecule has 1 heterocycles. The molecule has 0 bridgehead atoms. The van der Waals surface area contributed by atoms with Crippen molar-refractivity contribution in [3.8, 4) is 0 Å². The van der Waals surface area contributed by atoms with Crippen molar-refractivity contribution >= 4 is 28.9 Å². The van der Waals surface area contributed by atoms with Crippen LogP contribution in [0.5, 0.6) is 0 Å². The number of anilines is 2. The van der Waals surface area contributed by atoms with Gasteiger partial charge >= 0.3 is 5.69 Å². The molecule has 1 aliphatic heterocycles. The minimum atomic E-state index is -0.973. The maximum atomic E-state index is 13.5. The van der Waals surface area contributed by atoms with Crippen LogP contribution in [0, 0.1) is 28.8 Å². The molecule has 1 unspecified atom stereocenters. The van der Waals surface area contributed by atoms with Crippen LogP contribution >= 0.6 is 0 Å². The van der Waals surface area contributed by atoms with Crippen molar-refractivity contribution in [2.24, 2.45) is 5.92 Å². The highest BCUT2D eigenvalue weighted by Gasteiger charge is 2.36. The fourth-order valence-electron chi connectivity index (χ4n) is 2.82. The van der Waals surface area contributed by atoms with E-state index in [9.17, 15) is 24.1 Å². The van der Waals surface area contributed by atoms with Gasteiger partial charge in [0, 0.05) is 24.7 Å². The molecule has 0 saturated carbocycles. The van der Waals surface area contributed by atoms with E-state index >= 15 is 0 Å². The fraction of sp³-hybridized carbons (Fsp3) is 0.222. The summed E-state index contributed by atoms with van der Waals surface area (Å²) in [5.41, 5.74) is 1.18. The SMILES string of the molecule is Cc1ccc(NC(=O)C2CC(=O)N(c3ccc(F)c([N+](=O)[O-])c3)C2)cc1. The molecule has 1 fully saturated rings. The molecule has 134 valence electrons. The number of carbonyl (C=O) groups excluding carboxylic acids is 2. The molecule has 0 aromatic heterocycles. The Labute approximate surface area is 148 Å². The van der Waals surface area contributed by atoms with Gasteiger partial charge in [0.2, 0.25) is 17.6 Å². The zero-order valence-electron chi connectivity index (χ0n) is 13.9. The van der Waals surface area contributed by atoms with Crippen LogP contribution in [-0.2, 0) is 9.59 Å². The number of aryl methyl sites for hydroxylation is 1. The van der Waals surface area contributed by atoms with Crippen LogP contribution in [0.15, 0.2) is 42.5 Å². The molecule has 0 radical (unpaired) electrons. The number of nitro groups is 1. The lowest BCUT2D eigenvalue weighted by atomic mass is 10.1. The Bertz CT molecular complexity index is 883.